The third-order valence-electron chi connectivity index (χ3n) is 7.68. The molecule has 0 N–H and O–H groups in total. The van der Waals surface area contributed by atoms with Crippen molar-refractivity contribution in [2.45, 2.75) is 96.3 Å². The lowest BCUT2D eigenvalue weighted by atomic mass is 9.69. The molecule has 0 spiro atoms. The molecule has 3 rings (SSSR count). The highest BCUT2D eigenvalue weighted by molar-refractivity contribution is 7.16. The Hall–Kier alpha value is -1.62. The molecule has 0 aliphatic carbocycles. The zero-order valence-corrected chi connectivity index (χ0v) is 24.9. The van der Waals surface area contributed by atoms with Crippen LogP contribution < -0.4 is 0 Å². The minimum absolute atomic E-state index is 0. The molecule has 1 atom stereocenters. The molecule has 0 aliphatic heterocycles. The van der Waals surface area contributed by atoms with Crippen LogP contribution in [0.4, 0.5) is 0 Å². The quantitative estimate of drug-likeness (QED) is 0.105. The molecule has 0 heterocycles. The molecular formula is C35H50ClP. The predicted octanol–water partition coefficient (Wildman–Crippen LogP) is 10.7. The fourth-order valence-corrected chi connectivity index (χ4v) is 6.06. The normalized spacial score (nSPS) is 11.3. The molecule has 0 aromatic heterocycles. The van der Waals surface area contributed by atoms with Crippen molar-refractivity contribution in [2.24, 2.45) is 5.41 Å². The second-order valence-corrected chi connectivity index (χ2v) is 11.5. The van der Waals surface area contributed by atoms with E-state index in [2.05, 4.69) is 100 Å². The summed E-state index contributed by atoms with van der Waals surface area (Å²) in [5, 5.41) is 0. The van der Waals surface area contributed by atoms with Crippen molar-refractivity contribution < 1.29 is 0 Å². The highest BCUT2D eigenvalue weighted by atomic mass is 35.5. The van der Waals surface area contributed by atoms with Gasteiger partial charge >= 0.3 is 0 Å². The summed E-state index contributed by atoms with van der Waals surface area (Å²) in [5.41, 5.74) is 4.67. The van der Waals surface area contributed by atoms with Crippen LogP contribution in [-0.4, -0.2) is 6.16 Å². The Morgan fingerprint density at radius 1 is 0.405 bits per heavy atom. The highest BCUT2D eigenvalue weighted by Crippen LogP contribution is 2.37. The predicted molar refractivity (Wildman–Crippen MR) is 170 cm³/mol. The first-order valence-corrected chi connectivity index (χ1v) is 15.4. The Morgan fingerprint density at radius 3 is 1.03 bits per heavy atom. The van der Waals surface area contributed by atoms with Crippen LogP contribution in [0.1, 0.15) is 93.7 Å². The fourth-order valence-electron chi connectivity index (χ4n) is 5.77. The second-order valence-electron chi connectivity index (χ2n) is 10.9. The van der Waals surface area contributed by atoms with Crippen molar-refractivity contribution in [3.05, 3.63) is 108 Å². The third kappa shape index (κ3) is 13.1. The summed E-state index contributed by atoms with van der Waals surface area (Å²) in [6.07, 6.45) is 21.5. The number of rotatable bonds is 19. The average molecular weight is 537 g/mol. The molecule has 0 saturated heterocycles. The van der Waals surface area contributed by atoms with E-state index >= 15 is 0 Å². The van der Waals surface area contributed by atoms with Crippen LogP contribution in [0, 0.1) is 5.41 Å². The summed E-state index contributed by atoms with van der Waals surface area (Å²) < 4.78 is 0. The van der Waals surface area contributed by atoms with Crippen LogP contribution in [0.15, 0.2) is 91.0 Å². The topological polar surface area (TPSA) is 0 Å². The first-order valence-electron chi connectivity index (χ1n) is 14.6. The van der Waals surface area contributed by atoms with Gasteiger partial charge in [-0.3, -0.25) is 0 Å². The molecule has 0 nitrogen and oxygen atoms in total. The first-order chi connectivity index (χ1) is 17.8. The largest absolute Gasteiger partial charge is 0.147 e. The number of hydrogen-bond acceptors (Lipinski definition) is 0. The van der Waals surface area contributed by atoms with E-state index in [9.17, 15) is 0 Å². The smallest absolute Gasteiger partial charge is 0.0176 e. The van der Waals surface area contributed by atoms with Crippen molar-refractivity contribution in [1.29, 1.82) is 0 Å². The lowest BCUT2D eigenvalue weighted by Gasteiger charge is -2.35. The average Bonchev–Trinajstić information content (AvgIpc) is 2.91. The van der Waals surface area contributed by atoms with Gasteiger partial charge in [0, 0.05) is 0 Å². The van der Waals surface area contributed by atoms with E-state index in [0.717, 1.165) is 19.3 Å². The maximum Gasteiger partial charge on any atom is -0.0176 e. The molecule has 37 heavy (non-hydrogen) atoms. The Labute approximate surface area is 236 Å². The van der Waals surface area contributed by atoms with E-state index in [0.29, 0.717) is 0 Å². The van der Waals surface area contributed by atoms with Crippen LogP contribution in [0.25, 0.3) is 0 Å². The maximum absolute atomic E-state index is 2.85. The van der Waals surface area contributed by atoms with Gasteiger partial charge in [0.1, 0.15) is 0 Å². The maximum atomic E-state index is 2.85. The molecule has 0 amide bonds. The Kier molecular flexibility index (Phi) is 16.6. The van der Waals surface area contributed by atoms with Crippen LogP contribution in [0.3, 0.4) is 0 Å². The van der Waals surface area contributed by atoms with Crippen molar-refractivity contribution in [3.63, 3.8) is 0 Å². The zero-order valence-electron chi connectivity index (χ0n) is 23.0. The molecule has 3 aromatic rings. The minimum Gasteiger partial charge on any atom is -0.147 e. The molecule has 3 aromatic carbocycles. The molecule has 0 fully saturated rings. The summed E-state index contributed by atoms with van der Waals surface area (Å²) in [7, 11) is 2.85. The molecule has 1 unspecified atom stereocenters. The van der Waals surface area contributed by atoms with Crippen molar-refractivity contribution >= 4 is 21.6 Å². The molecule has 2 heteroatoms. The summed E-state index contributed by atoms with van der Waals surface area (Å²) in [6, 6.07) is 33.6. The molecule has 0 aliphatic rings. The van der Waals surface area contributed by atoms with Crippen LogP contribution in [-0.2, 0) is 19.3 Å². The van der Waals surface area contributed by atoms with Crippen molar-refractivity contribution in [1.82, 2.24) is 0 Å². The van der Waals surface area contributed by atoms with Crippen molar-refractivity contribution in [3.8, 4) is 0 Å². The first kappa shape index (κ1) is 31.6. The molecule has 0 saturated carbocycles. The highest BCUT2D eigenvalue weighted by Gasteiger charge is 2.30. The van der Waals surface area contributed by atoms with Gasteiger partial charge in [0.15, 0.2) is 0 Å². The van der Waals surface area contributed by atoms with E-state index in [1.807, 2.05) is 0 Å². The third-order valence-corrected chi connectivity index (χ3v) is 8.09. The van der Waals surface area contributed by atoms with Crippen LogP contribution in [0.2, 0.25) is 0 Å². The number of unbranched alkanes of at least 4 members (excludes halogenated alkanes) is 10. The standard InChI is InChI=1S/C35H49P.ClH/c36-28-20-9-7-5-3-1-2-4-6-8-19-27-35(29-32-21-13-10-14-22-32,30-33-23-15-11-16-24-33)31-34-25-17-12-18-26-34;/h10-18,21-26H,1-9,19-20,27-31,36H2;1H. The molecule has 0 radical (unpaired) electrons. The van der Waals surface area contributed by atoms with Crippen LogP contribution in [0.5, 0.6) is 0 Å². The van der Waals surface area contributed by atoms with Crippen LogP contribution >= 0.6 is 21.6 Å². The van der Waals surface area contributed by atoms with Gasteiger partial charge in [-0.25, -0.2) is 0 Å². The van der Waals surface area contributed by atoms with E-state index < -0.39 is 0 Å². The lowest BCUT2D eigenvalue weighted by molar-refractivity contribution is 0.243. The van der Waals surface area contributed by atoms with Gasteiger partial charge < -0.3 is 0 Å². The second kappa shape index (κ2) is 19.4. The number of hydrogen-bond donors (Lipinski definition) is 0. The Morgan fingerprint density at radius 2 is 0.703 bits per heavy atom. The van der Waals surface area contributed by atoms with Gasteiger partial charge in [-0.1, -0.05) is 155 Å². The summed E-state index contributed by atoms with van der Waals surface area (Å²) in [5.74, 6) is 0. The van der Waals surface area contributed by atoms with Gasteiger partial charge in [-0.15, -0.1) is 21.6 Å². The summed E-state index contributed by atoms with van der Waals surface area (Å²) in [4.78, 5) is 0. The van der Waals surface area contributed by atoms with E-state index in [4.69, 9.17) is 0 Å². The lowest BCUT2D eigenvalue weighted by Crippen LogP contribution is -2.30. The SMILES string of the molecule is Cl.PCCCCCCCCCCCCCC(Cc1ccccc1)(Cc1ccccc1)Cc1ccccc1. The summed E-state index contributed by atoms with van der Waals surface area (Å²) in [6.45, 7) is 0. The molecular weight excluding hydrogens is 487 g/mol. The fraction of sp³-hybridized carbons (Fsp3) is 0.486. The Balaban J connectivity index is 0.00000481. The molecule has 202 valence electrons. The van der Waals surface area contributed by atoms with Gasteiger partial charge in [0.2, 0.25) is 0 Å². The van der Waals surface area contributed by atoms with Gasteiger partial charge in [0.25, 0.3) is 0 Å². The minimum atomic E-state index is 0. The number of benzene rings is 3. The van der Waals surface area contributed by atoms with E-state index in [-0.39, 0.29) is 17.8 Å². The van der Waals surface area contributed by atoms with Gasteiger partial charge in [-0.05, 0) is 60.4 Å². The van der Waals surface area contributed by atoms with Gasteiger partial charge in [0.05, 0.1) is 0 Å². The zero-order chi connectivity index (χ0) is 25.2. The number of halogens is 1. The van der Waals surface area contributed by atoms with E-state index in [1.165, 1.54) is 99.9 Å². The molecule has 0 bridgehead atoms. The van der Waals surface area contributed by atoms with Gasteiger partial charge in [-0.2, -0.15) is 0 Å². The summed E-state index contributed by atoms with van der Waals surface area (Å²) >= 11 is 0. The Bertz CT molecular complexity index is 808. The van der Waals surface area contributed by atoms with Crippen molar-refractivity contribution in [2.75, 3.05) is 6.16 Å². The van der Waals surface area contributed by atoms with E-state index in [1.54, 1.807) is 0 Å². The monoisotopic (exact) mass is 536 g/mol.